The van der Waals surface area contributed by atoms with Crippen LogP contribution in [0.4, 0.5) is 4.39 Å². The van der Waals surface area contributed by atoms with Gasteiger partial charge in [-0.1, -0.05) is 37.0 Å². The zero-order valence-electron chi connectivity index (χ0n) is 11.6. The second-order valence-electron chi connectivity index (χ2n) is 5.91. The SMILES string of the molecule is CC(NCC1(C(C)C)CC1)c1cc(F)c(Cl)cc1Cl. The first-order chi connectivity index (χ1) is 8.85. The quantitative estimate of drug-likeness (QED) is 0.735. The van der Waals surface area contributed by atoms with E-state index in [4.69, 9.17) is 23.2 Å². The van der Waals surface area contributed by atoms with Crippen molar-refractivity contribution in [2.75, 3.05) is 6.54 Å². The highest BCUT2D eigenvalue weighted by molar-refractivity contribution is 6.35. The lowest BCUT2D eigenvalue weighted by Gasteiger charge is -2.24. The summed E-state index contributed by atoms with van der Waals surface area (Å²) in [6.07, 6.45) is 2.54. The molecule has 1 unspecified atom stereocenters. The molecule has 0 bridgehead atoms. The molecule has 1 N–H and O–H groups in total. The predicted octanol–water partition coefficient (Wildman–Crippen LogP) is 5.22. The van der Waals surface area contributed by atoms with Crippen LogP contribution in [0.1, 0.15) is 45.2 Å². The summed E-state index contributed by atoms with van der Waals surface area (Å²) in [4.78, 5) is 0. The summed E-state index contributed by atoms with van der Waals surface area (Å²) < 4.78 is 13.5. The maximum atomic E-state index is 13.5. The summed E-state index contributed by atoms with van der Waals surface area (Å²) >= 11 is 11.8. The molecule has 1 aliphatic carbocycles. The summed E-state index contributed by atoms with van der Waals surface area (Å²) in [6, 6.07) is 2.92. The highest BCUT2D eigenvalue weighted by Crippen LogP contribution is 2.51. The van der Waals surface area contributed by atoms with Crippen molar-refractivity contribution in [2.24, 2.45) is 11.3 Å². The Labute approximate surface area is 124 Å². The standard InChI is InChI=1S/C15H20Cl2FN/c1-9(2)15(4-5-15)8-19-10(3)11-6-14(18)13(17)7-12(11)16/h6-7,9-10,19H,4-5,8H2,1-3H3. The Kier molecular flexibility index (Phi) is 4.44. The van der Waals surface area contributed by atoms with Crippen molar-refractivity contribution in [1.82, 2.24) is 5.32 Å². The van der Waals surface area contributed by atoms with E-state index in [1.54, 1.807) is 0 Å². The fraction of sp³-hybridized carbons (Fsp3) is 0.600. The maximum Gasteiger partial charge on any atom is 0.142 e. The lowest BCUT2D eigenvalue weighted by Crippen LogP contribution is -2.29. The van der Waals surface area contributed by atoms with Crippen molar-refractivity contribution in [1.29, 1.82) is 0 Å². The van der Waals surface area contributed by atoms with Crippen LogP contribution >= 0.6 is 23.2 Å². The molecule has 1 aromatic carbocycles. The Morgan fingerprint density at radius 1 is 1.21 bits per heavy atom. The van der Waals surface area contributed by atoms with Gasteiger partial charge in [0, 0.05) is 17.6 Å². The van der Waals surface area contributed by atoms with Gasteiger partial charge >= 0.3 is 0 Å². The molecule has 1 saturated carbocycles. The van der Waals surface area contributed by atoms with Gasteiger partial charge in [0.25, 0.3) is 0 Å². The summed E-state index contributed by atoms with van der Waals surface area (Å²) in [5.74, 6) is 0.254. The lowest BCUT2D eigenvalue weighted by molar-refractivity contribution is 0.325. The van der Waals surface area contributed by atoms with Gasteiger partial charge in [0.05, 0.1) is 5.02 Å². The Bertz CT molecular complexity index is 469. The molecule has 0 radical (unpaired) electrons. The van der Waals surface area contributed by atoms with Gasteiger partial charge in [0.1, 0.15) is 5.82 Å². The summed E-state index contributed by atoms with van der Waals surface area (Å²) in [7, 11) is 0. The molecule has 0 amide bonds. The maximum absolute atomic E-state index is 13.5. The molecule has 1 fully saturated rings. The Morgan fingerprint density at radius 3 is 2.37 bits per heavy atom. The highest BCUT2D eigenvalue weighted by atomic mass is 35.5. The van der Waals surface area contributed by atoms with Crippen molar-refractivity contribution < 1.29 is 4.39 Å². The molecule has 19 heavy (non-hydrogen) atoms. The topological polar surface area (TPSA) is 12.0 Å². The number of rotatable bonds is 5. The minimum Gasteiger partial charge on any atom is -0.310 e. The Morgan fingerprint density at radius 2 is 1.84 bits per heavy atom. The van der Waals surface area contributed by atoms with Crippen LogP contribution in [-0.2, 0) is 0 Å². The number of nitrogens with one attached hydrogen (secondary N) is 1. The third kappa shape index (κ3) is 3.24. The molecule has 106 valence electrons. The van der Waals surface area contributed by atoms with E-state index in [0.29, 0.717) is 16.4 Å². The van der Waals surface area contributed by atoms with E-state index in [0.717, 1.165) is 12.1 Å². The molecular weight excluding hydrogens is 284 g/mol. The molecule has 0 saturated heterocycles. The third-order valence-corrected chi connectivity index (χ3v) is 5.00. The van der Waals surface area contributed by atoms with Gasteiger partial charge in [-0.3, -0.25) is 0 Å². The molecule has 2 rings (SSSR count). The second kappa shape index (κ2) is 5.59. The van der Waals surface area contributed by atoms with Crippen LogP contribution in [0.3, 0.4) is 0 Å². The van der Waals surface area contributed by atoms with Gasteiger partial charge in [0.15, 0.2) is 0 Å². The summed E-state index contributed by atoms with van der Waals surface area (Å²) in [6.45, 7) is 7.47. The zero-order valence-corrected chi connectivity index (χ0v) is 13.1. The van der Waals surface area contributed by atoms with E-state index in [2.05, 4.69) is 19.2 Å². The fourth-order valence-corrected chi connectivity index (χ4v) is 3.00. The summed E-state index contributed by atoms with van der Waals surface area (Å²) in [5, 5.41) is 4.06. The molecule has 0 aromatic heterocycles. The second-order valence-corrected chi connectivity index (χ2v) is 6.72. The van der Waals surface area contributed by atoms with Gasteiger partial charge in [-0.2, -0.15) is 0 Å². The van der Waals surface area contributed by atoms with Crippen LogP contribution in [0.5, 0.6) is 0 Å². The zero-order chi connectivity index (χ0) is 14.2. The van der Waals surface area contributed by atoms with Crippen molar-refractivity contribution in [2.45, 2.75) is 39.7 Å². The number of halogens is 3. The van der Waals surface area contributed by atoms with Crippen LogP contribution in [-0.4, -0.2) is 6.54 Å². The molecule has 0 aliphatic heterocycles. The van der Waals surface area contributed by atoms with Crippen LogP contribution < -0.4 is 5.32 Å². The normalized spacial score (nSPS) is 18.7. The summed E-state index contributed by atoms with van der Waals surface area (Å²) in [5.41, 5.74) is 1.19. The molecule has 1 aliphatic rings. The predicted molar refractivity (Wildman–Crippen MR) is 79.3 cm³/mol. The van der Waals surface area contributed by atoms with Crippen molar-refractivity contribution >= 4 is 23.2 Å². The van der Waals surface area contributed by atoms with Crippen LogP contribution in [0, 0.1) is 17.2 Å². The Balaban J connectivity index is 2.04. The molecule has 1 aromatic rings. The Hall–Kier alpha value is -0.310. The van der Waals surface area contributed by atoms with E-state index in [-0.39, 0.29) is 11.1 Å². The number of hydrogen-bond donors (Lipinski definition) is 1. The van der Waals surface area contributed by atoms with Gasteiger partial charge < -0.3 is 5.32 Å². The van der Waals surface area contributed by atoms with Crippen LogP contribution in [0.25, 0.3) is 0 Å². The van der Waals surface area contributed by atoms with E-state index in [9.17, 15) is 4.39 Å². The average molecular weight is 304 g/mol. The molecule has 1 nitrogen and oxygen atoms in total. The minimum atomic E-state index is -0.417. The molecule has 1 atom stereocenters. The lowest BCUT2D eigenvalue weighted by atomic mass is 9.92. The van der Waals surface area contributed by atoms with Gasteiger partial charge in [-0.25, -0.2) is 4.39 Å². The van der Waals surface area contributed by atoms with Crippen molar-refractivity contribution in [3.63, 3.8) is 0 Å². The average Bonchev–Trinajstić information content (AvgIpc) is 3.12. The van der Waals surface area contributed by atoms with E-state index < -0.39 is 5.82 Å². The monoisotopic (exact) mass is 303 g/mol. The first-order valence-corrected chi connectivity index (χ1v) is 7.49. The fourth-order valence-electron chi connectivity index (χ4n) is 2.45. The molecule has 0 spiro atoms. The third-order valence-electron chi connectivity index (χ3n) is 4.38. The van der Waals surface area contributed by atoms with Crippen LogP contribution in [0.2, 0.25) is 10.0 Å². The minimum absolute atomic E-state index is 0.0236. The number of benzene rings is 1. The van der Waals surface area contributed by atoms with E-state index >= 15 is 0 Å². The van der Waals surface area contributed by atoms with Crippen molar-refractivity contribution in [3.05, 3.63) is 33.6 Å². The molecular formula is C15H20Cl2FN. The van der Waals surface area contributed by atoms with Gasteiger partial charge in [-0.15, -0.1) is 0 Å². The first-order valence-electron chi connectivity index (χ1n) is 6.73. The largest absolute Gasteiger partial charge is 0.310 e. The van der Waals surface area contributed by atoms with Crippen molar-refractivity contribution in [3.8, 4) is 0 Å². The first kappa shape index (κ1) is 15.1. The number of hydrogen-bond acceptors (Lipinski definition) is 1. The molecule has 4 heteroatoms. The smallest absolute Gasteiger partial charge is 0.142 e. The van der Waals surface area contributed by atoms with Gasteiger partial charge in [0.2, 0.25) is 0 Å². The van der Waals surface area contributed by atoms with Crippen LogP contribution in [0.15, 0.2) is 12.1 Å². The van der Waals surface area contributed by atoms with Gasteiger partial charge in [-0.05, 0) is 48.8 Å². The van der Waals surface area contributed by atoms with E-state index in [1.807, 2.05) is 6.92 Å². The van der Waals surface area contributed by atoms with E-state index in [1.165, 1.54) is 25.0 Å². The molecule has 0 heterocycles. The highest BCUT2D eigenvalue weighted by Gasteiger charge is 2.44.